The van der Waals surface area contributed by atoms with E-state index >= 15 is 0 Å². The van der Waals surface area contributed by atoms with Crippen molar-refractivity contribution >= 4 is 34.5 Å². The third kappa shape index (κ3) is 4.47. The zero-order valence-corrected chi connectivity index (χ0v) is 15.5. The van der Waals surface area contributed by atoms with E-state index < -0.39 is 0 Å². The summed E-state index contributed by atoms with van der Waals surface area (Å²) in [5.74, 6) is 0.984. The average Bonchev–Trinajstić information content (AvgIpc) is 2.64. The summed E-state index contributed by atoms with van der Waals surface area (Å²) in [6.45, 7) is 0. The molecule has 5 heteroatoms. The average molecular weight is 437 g/mol. The van der Waals surface area contributed by atoms with E-state index in [-0.39, 0.29) is 5.82 Å². The Kier molecular flexibility index (Phi) is 6.07. The number of nitrogens with zero attached hydrogens (tertiary/aromatic N) is 1. The Morgan fingerprint density at radius 1 is 0.958 bits per heavy atom. The van der Waals surface area contributed by atoms with Crippen molar-refractivity contribution < 1.29 is 4.39 Å². The van der Waals surface area contributed by atoms with Crippen LogP contribution in [0.25, 0.3) is 0 Å². The maximum Gasteiger partial charge on any atom is 0.206 e. The highest BCUT2D eigenvalue weighted by Crippen LogP contribution is 2.32. The highest BCUT2D eigenvalue weighted by atomic mass is 127. The molecule has 2 aromatic carbocycles. The lowest BCUT2D eigenvalue weighted by Gasteiger charge is -2.30. The molecule has 0 saturated heterocycles. The molecule has 0 radical (unpaired) electrons. The highest BCUT2D eigenvalue weighted by molar-refractivity contribution is 14.1. The van der Waals surface area contributed by atoms with Crippen LogP contribution in [0.1, 0.15) is 37.2 Å². The number of nitrogens with one attached hydrogen (secondary N) is 2. The molecule has 0 bridgehead atoms. The zero-order chi connectivity index (χ0) is 16.8. The van der Waals surface area contributed by atoms with Gasteiger partial charge in [-0.25, -0.2) is 4.39 Å². The number of anilines is 1. The Labute approximate surface area is 156 Å². The number of hydrogen-bond acceptors (Lipinski definition) is 1. The van der Waals surface area contributed by atoms with Gasteiger partial charge >= 0.3 is 0 Å². The van der Waals surface area contributed by atoms with Crippen LogP contribution in [0.15, 0.2) is 57.8 Å². The van der Waals surface area contributed by atoms with Crippen molar-refractivity contribution in [2.75, 3.05) is 5.32 Å². The summed E-state index contributed by atoms with van der Waals surface area (Å²) in [6.07, 6.45) is 4.51. The number of hydrogen-bond donors (Lipinski definition) is 2. The van der Waals surface area contributed by atoms with Gasteiger partial charge in [0.1, 0.15) is 5.82 Å². The van der Waals surface area contributed by atoms with Gasteiger partial charge in [-0.15, -0.1) is 0 Å². The summed E-state index contributed by atoms with van der Waals surface area (Å²) in [4.78, 5) is 0. The molecular weight excluding hydrogens is 416 g/mol. The predicted octanol–water partition coefficient (Wildman–Crippen LogP) is 5.26. The second-order valence-electron chi connectivity index (χ2n) is 6.14. The quantitative estimate of drug-likeness (QED) is 0.391. The van der Waals surface area contributed by atoms with Crippen LogP contribution < -0.4 is 10.6 Å². The van der Waals surface area contributed by atoms with Crippen LogP contribution in [-0.2, 0) is 0 Å². The van der Waals surface area contributed by atoms with E-state index in [1.807, 2.05) is 22.9 Å². The summed E-state index contributed by atoms with van der Waals surface area (Å²) in [5, 5.41) is 6.46. The molecule has 0 spiro atoms. The molecule has 3 nitrogen and oxygen atoms in total. The summed E-state index contributed by atoms with van der Waals surface area (Å²) in [5.41, 5.74) is 1.88. The number of guanidine groups is 1. The fraction of sp³-hybridized carbons (Fsp3) is 0.316. The summed E-state index contributed by atoms with van der Waals surface area (Å²) in [7, 11) is 0. The molecule has 24 heavy (non-hydrogen) atoms. The standard InChI is InChI=1S/C19H21FIN3/c20-17-8-4-5-9-18(17)23-19(24-21)22-16-12-10-15(11-13-16)14-6-2-1-3-7-14/h1-9,15-16H,10-13H2,(H2,22,23,24). The molecule has 126 valence electrons. The fourth-order valence-electron chi connectivity index (χ4n) is 3.26. The minimum absolute atomic E-state index is 0.273. The maximum absolute atomic E-state index is 13.8. The molecule has 0 amide bonds. The highest BCUT2D eigenvalue weighted by Gasteiger charge is 2.23. The fourth-order valence-corrected chi connectivity index (χ4v) is 3.52. The molecule has 1 saturated carbocycles. The molecule has 0 aliphatic heterocycles. The first-order valence-corrected chi connectivity index (χ1v) is 9.24. The molecule has 3 rings (SSSR count). The van der Waals surface area contributed by atoms with Gasteiger partial charge in [-0.3, -0.25) is 0 Å². The van der Waals surface area contributed by atoms with Crippen LogP contribution in [0, 0.1) is 5.82 Å². The Morgan fingerprint density at radius 2 is 1.62 bits per heavy atom. The second-order valence-corrected chi connectivity index (χ2v) is 6.62. The molecular formula is C19H21FIN3. The number of benzene rings is 2. The van der Waals surface area contributed by atoms with Crippen LogP contribution in [0.2, 0.25) is 0 Å². The summed E-state index contributed by atoms with van der Waals surface area (Å²) < 4.78 is 17.9. The molecule has 1 fully saturated rings. The van der Waals surface area contributed by atoms with E-state index in [2.05, 4.69) is 44.2 Å². The van der Waals surface area contributed by atoms with Gasteiger partial charge in [0.2, 0.25) is 5.96 Å². The first kappa shape index (κ1) is 17.2. The van der Waals surface area contributed by atoms with Crippen molar-refractivity contribution in [2.24, 2.45) is 3.21 Å². The third-order valence-electron chi connectivity index (χ3n) is 4.55. The van der Waals surface area contributed by atoms with Gasteiger partial charge in [-0.2, -0.15) is 3.21 Å². The van der Waals surface area contributed by atoms with Crippen molar-refractivity contribution in [3.63, 3.8) is 0 Å². The van der Waals surface area contributed by atoms with Crippen molar-refractivity contribution in [3.05, 3.63) is 66.0 Å². The van der Waals surface area contributed by atoms with Gasteiger partial charge in [0.15, 0.2) is 0 Å². The smallest absolute Gasteiger partial charge is 0.206 e. The molecule has 0 aromatic heterocycles. The van der Waals surface area contributed by atoms with Crippen LogP contribution in [0.5, 0.6) is 0 Å². The van der Waals surface area contributed by atoms with E-state index in [4.69, 9.17) is 0 Å². The maximum atomic E-state index is 13.8. The van der Waals surface area contributed by atoms with Gasteiger partial charge < -0.3 is 10.6 Å². The van der Waals surface area contributed by atoms with Crippen LogP contribution in [0.4, 0.5) is 10.1 Å². The predicted molar refractivity (Wildman–Crippen MR) is 106 cm³/mol. The zero-order valence-electron chi connectivity index (χ0n) is 13.4. The van der Waals surface area contributed by atoms with Crippen molar-refractivity contribution in [1.29, 1.82) is 0 Å². The first-order chi connectivity index (χ1) is 11.8. The van der Waals surface area contributed by atoms with Crippen molar-refractivity contribution in [1.82, 2.24) is 5.32 Å². The molecule has 2 N–H and O–H groups in total. The summed E-state index contributed by atoms with van der Waals surface area (Å²) in [6, 6.07) is 17.7. The Morgan fingerprint density at radius 3 is 2.29 bits per heavy atom. The largest absolute Gasteiger partial charge is 0.353 e. The van der Waals surface area contributed by atoms with Crippen LogP contribution >= 0.6 is 22.9 Å². The SMILES string of the molecule is Fc1ccccc1N/C(=N\I)NC1CCC(c2ccccc2)CC1. The van der Waals surface area contributed by atoms with E-state index in [9.17, 15) is 4.39 Å². The van der Waals surface area contributed by atoms with Gasteiger partial charge in [-0.1, -0.05) is 42.5 Å². The minimum Gasteiger partial charge on any atom is -0.353 e. The van der Waals surface area contributed by atoms with E-state index in [0.29, 0.717) is 23.6 Å². The Balaban J connectivity index is 1.54. The lowest BCUT2D eigenvalue weighted by atomic mass is 9.82. The normalized spacial score (nSPS) is 21.3. The number of rotatable bonds is 3. The van der Waals surface area contributed by atoms with Gasteiger partial charge in [0, 0.05) is 6.04 Å². The van der Waals surface area contributed by atoms with Crippen LogP contribution in [0.3, 0.4) is 0 Å². The number of halogens is 2. The van der Waals surface area contributed by atoms with E-state index in [0.717, 1.165) is 25.7 Å². The van der Waals surface area contributed by atoms with Crippen molar-refractivity contribution in [2.45, 2.75) is 37.6 Å². The van der Waals surface area contributed by atoms with E-state index in [1.54, 1.807) is 18.2 Å². The third-order valence-corrected chi connectivity index (χ3v) is 5.03. The molecule has 0 unspecified atom stereocenters. The molecule has 0 heterocycles. The van der Waals surface area contributed by atoms with Gasteiger partial charge in [0.25, 0.3) is 0 Å². The molecule has 2 aromatic rings. The summed E-state index contributed by atoms with van der Waals surface area (Å²) >= 11 is 1.94. The topological polar surface area (TPSA) is 36.4 Å². The number of para-hydroxylation sites is 1. The minimum atomic E-state index is -0.273. The first-order valence-electron chi connectivity index (χ1n) is 8.28. The Hall–Kier alpha value is -1.63. The lowest BCUT2D eigenvalue weighted by Crippen LogP contribution is -2.40. The Bertz CT molecular complexity index is 682. The monoisotopic (exact) mass is 437 g/mol. The van der Waals surface area contributed by atoms with Gasteiger partial charge in [-0.05, 0) is 49.3 Å². The molecule has 0 atom stereocenters. The molecule has 1 aliphatic rings. The molecule has 1 aliphatic carbocycles. The second kappa shape index (κ2) is 8.46. The van der Waals surface area contributed by atoms with Gasteiger partial charge in [0.05, 0.1) is 28.6 Å². The van der Waals surface area contributed by atoms with Crippen molar-refractivity contribution in [3.8, 4) is 0 Å². The lowest BCUT2D eigenvalue weighted by molar-refractivity contribution is 0.374. The van der Waals surface area contributed by atoms with Crippen LogP contribution in [-0.4, -0.2) is 12.0 Å². The van der Waals surface area contributed by atoms with E-state index in [1.165, 1.54) is 11.6 Å².